The number of H-pyrrole nitrogens is 1. The van der Waals surface area contributed by atoms with Crippen molar-refractivity contribution < 1.29 is 13.7 Å². The first kappa shape index (κ1) is 17.2. The molecule has 0 spiro atoms. The van der Waals surface area contributed by atoms with Crippen molar-refractivity contribution >= 4 is 11.8 Å². The highest BCUT2D eigenvalue weighted by atomic mass is 32.2. The van der Waals surface area contributed by atoms with Crippen LogP contribution in [0.5, 0.6) is 5.75 Å². The van der Waals surface area contributed by atoms with Gasteiger partial charge in [-0.1, -0.05) is 29.1 Å². The summed E-state index contributed by atoms with van der Waals surface area (Å²) in [6.45, 7) is 0. The summed E-state index contributed by atoms with van der Waals surface area (Å²) in [5, 5.41) is 11.3. The summed E-state index contributed by atoms with van der Waals surface area (Å²) >= 11 is 1.33. The Labute approximate surface area is 158 Å². The lowest BCUT2D eigenvalue weighted by Crippen LogP contribution is -1.86. The van der Waals surface area contributed by atoms with Crippen LogP contribution in [0.3, 0.4) is 0 Å². The van der Waals surface area contributed by atoms with Gasteiger partial charge in [0, 0.05) is 5.56 Å². The lowest BCUT2D eigenvalue weighted by molar-refractivity contribution is 0.414. The van der Waals surface area contributed by atoms with Crippen LogP contribution in [-0.4, -0.2) is 32.4 Å². The largest absolute Gasteiger partial charge is 0.497 e. The number of aromatic amines is 1. The van der Waals surface area contributed by atoms with Crippen LogP contribution in [0.4, 0.5) is 4.39 Å². The molecule has 4 rings (SSSR count). The highest BCUT2D eigenvalue weighted by Crippen LogP contribution is 2.25. The third-order valence-electron chi connectivity index (χ3n) is 3.73. The monoisotopic (exact) mass is 383 g/mol. The third kappa shape index (κ3) is 3.82. The van der Waals surface area contributed by atoms with Gasteiger partial charge < -0.3 is 9.26 Å². The number of nitrogens with one attached hydrogen (secondary N) is 1. The minimum atomic E-state index is -0.354. The van der Waals surface area contributed by atoms with Crippen molar-refractivity contribution in [1.82, 2.24) is 25.3 Å². The Morgan fingerprint density at radius 3 is 2.70 bits per heavy atom. The van der Waals surface area contributed by atoms with E-state index in [0.29, 0.717) is 34.0 Å². The molecule has 0 amide bonds. The van der Waals surface area contributed by atoms with Gasteiger partial charge in [0.2, 0.25) is 5.16 Å². The molecule has 27 heavy (non-hydrogen) atoms. The highest BCUT2D eigenvalue weighted by Gasteiger charge is 2.13. The van der Waals surface area contributed by atoms with Crippen LogP contribution in [0, 0.1) is 5.82 Å². The van der Waals surface area contributed by atoms with Gasteiger partial charge in [-0.3, -0.25) is 5.10 Å². The SMILES string of the molecule is COc1ccc(-c2nc(CSc3n[nH]c(-c4ccccc4F)n3)no2)cc1. The molecule has 4 aromatic rings. The lowest BCUT2D eigenvalue weighted by Gasteiger charge is -1.98. The topological polar surface area (TPSA) is 89.7 Å². The highest BCUT2D eigenvalue weighted by molar-refractivity contribution is 7.98. The minimum Gasteiger partial charge on any atom is -0.497 e. The second kappa shape index (κ2) is 7.58. The molecule has 0 aliphatic rings. The Morgan fingerprint density at radius 1 is 1.11 bits per heavy atom. The van der Waals surface area contributed by atoms with Crippen molar-refractivity contribution in [1.29, 1.82) is 0 Å². The zero-order valence-corrected chi connectivity index (χ0v) is 15.0. The molecule has 1 N–H and O–H groups in total. The van der Waals surface area contributed by atoms with Gasteiger partial charge in [0.15, 0.2) is 11.6 Å². The standard InChI is InChI=1S/C18H14FN5O2S/c1-25-12-8-6-11(7-9-12)17-20-15(24-26-17)10-27-18-21-16(22-23-18)13-4-2-3-5-14(13)19/h2-9H,10H2,1H3,(H,21,22,23). The quantitative estimate of drug-likeness (QED) is 0.504. The van der Waals surface area contributed by atoms with E-state index in [9.17, 15) is 4.39 Å². The fourth-order valence-corrected chi connectivity index (χ4v) is 3.02. The number of ether oxygens (including phenoxy) is 1. The Bertz CT molecular complexity index is 1050. The minimum absolute atomic E-state index is 0.354. The van der Waals surface area contributed by atoms with Gasteiger partial charge >= 0.3 is 0 Å². The molecule has 0 radical (unpaired) electrons. The van der Waals surface area contributed by atoms with Gasteiger partial charge in [-0.25, -0.2) is 9.37 Å². The lowest BCUT2D eigenvalue weighted by atomic mass is 10.2. The van der Waals surface area contributed by atoms with Gasteiger partial charge in [-0.2, -0.15) is 4.98 Å². The van der Waals surface area contributed by atoms with E-state index in [1.54, 1.807) is 25.3 Å². The Hall–Kier alpha value is -3.20. The number of benzene rings is 2. The average molecular weight is 383 g/mol. The maximum atomic E-state index is 13.8. The van der Waals surface area contributed by atoms with Gasteiger partial charge in [-0.05, 0) is 36.4 Å². The molecule has 136 valence electrons. The summed E-state index contributed by atoms with van der Waals surface area (Å²) in [4.78, 5) is 8.66. The summed E-state index contributed by atoms with van der Waals surface area (Å²) in [6.07, 6.45) is 0. The second-order valence-electron chi connectivity index (χ2n) is 5.48. The summed E-state index contributed by atoms with van der Waals surface area (Å²) in [5.74, 6) is 2.14. The molecule has 0 bridgehead atoms. The predicted octanol–water partition coefficient (Wildman–Crippen LogP) is 3.96. The molecule has 9 heteroatoms. The molecule has 2 heterocycles. The Balaban J connectivity index is 1.42. The Morgan fingerprint density at radius 2 is 1.93 bits per heavy atom. The molecular formula is C18H14FN5O2S. The number of nitrogens with zero attached hydrogens (tertiary/aromatic N) is 4. The fraction of sp³-hybridized carbons (Fsp3) is 0.111. The summed E-state index contributed by atoms with van der Waals surface area (Å²) in [5.41, 5.74) is 1.18. The van der Waals surface area contributed by atoms with Crippen LogP contribution >= 0.6 is 11.8 Å². The molecule has 0 saturated heterocycles. The van der Waals surface area contributed by atoms with Crippen molar-refractivity contribution in [2.75, 3.05) is 7.11 Å². The first-order valence-electron chi connectivity index (χ1n) is 8.00. The van der Waals surface area contributed by atoms with E-state index in [4.69, 9.17) is 9.26 Å². The van der Waals surface area contributed by atoms with E-state index >= 15 is 0 Å². The predicted molar refractivity (Wildman–Crippen MR) is 97.6 cm³/mol. The number of thioether (sulfide) groups is 1. The molecule has 2 aromatic heterocycles. The summed E-state index contributed by atoms with van der Waals surface area (Å²) < 4.78 is 24.2. The van der Waals surface area contributed by atoms with Crippen LogP contribution in [0.1, 0.15) is 5.82 Å². The van der Waals surface area contributed by atoms with E-state index in [2.05, 4.69) is 25.3 Å². The number of halogens is 1. The van der Waals surface area contributed by atoms with E-state index in [0.717, 1.165) is 11.3 Å². The first-order chi connectivity index (χ1) is 13.2. The van der Waals surface area contributed by atoms with Gasteiger partial charge in [-0.15, -0.1) is 5.10 Å². The van der Waals surface area contributed by atoms with Gasteiger partial charge in [0.1, 0.15) is 11.6 Å². The number of rotatable bonds is 6. The van der Waals surface area contributed by atoms with E-state index in [1.165, 1.54) is 17.8 Å². The molecule has 7 nitrogen and oxygen atoms in total. The number of hydrogen-bond acceptors (Lipinski definition) is 7. The van der Waals surface area contributed by atoms with Crippen molar-refractivity contribution in [3.63, 3.8) is 0 Å². The zero-order chi connectivity index (χ0) is 18.6. The van der Waals surface area contributed by atoms with Crippen LogP contribution in [0.2, 0.25) is 0 Å². The van der Waals surface area contributed by atoms with Crippen LogP contribution < -0.4 is 4.74 Å². The number of hydrogen-bond donors (Lipinski definition) is 1. The van der Waals surface area contributed by atoms with Crippen molar-refractivity contribution in [2.24, 2.45) is 0 Å². The summed E-state index contributed by atoms with van der Waals surface area (Å²) in [7, 11) is 1.61. The van der Waals surface area contributed by atoms with Crippen LogP contribution in [-0.2, 0) is 5.75 Å². The Kier molecular flexibility index (Phi) is 4.84. The van der Waals surface area contributed by atoms with Crippen molar-refractivity contribution in [2.45, 2.75) is 10.9 Å². The zero-order valence-electron chi connectivity index (χ0n) is 14.2. The average Bonchev–Trinajstić information content (AvgIpc) is 3.36. The van der Waals surface area contributed by atoms with Crippen molar-refractivity contribution in [3.05, 3.63) is 60.2 Å². The smallest absolute Gasteiger partial charge is 0.257 e. The normalized spacial score (nSPS) is 10.9. The second-order valence-corrected chi connectivity index (χ2v) is 6.42. The van der Waals surface area contributed by atoms with E-state index in [-0.39, 0.29) is 5.82 Å². The van der Waals surface area contributed by atoms with E-state index in [1.807, 2.05) is 24.3 Å². The molecule has 0 aliphatic carbocycles. The molecule has 0 saturated carbocycles. The van der Waals surface area contributed by atoms with Crippen LogP contribution in [0.25, 0.3) is 22.8 Å². The summed E-state index contributed by atoms with van der Waals surface area (Å²) in [6, 6.07) is 13.7. The van der Waals surface area contributed by atoms with Gasteiger partial charge in [0.05, 0.1) is 18.4 Å². The molecule has 0 unspecified atom stereocenters. The third-order valence-corrected chi connectivity index (χ3v) is 4.57. The number of aromatic nitrogens is 5. The maximum absolute atomic E-state index is 13.8. The fourth-order valence-electron chi connectivity index (χ4n) is 2.38. The van der Waals surface area contributed by atoms with E-state index < -0.39 is 0 Å². The van der Waals surface area contributed by atoms with Crippen LogP contribution in [0.15, 0.2) is 58.2 Å². The molecular weight excluding hydrogens is 369 g/mol. The molecule has 2 aromatic carbocycles. The van der Waals surface area contributed by atoms with Crippen molar-refractivity contribution in [3.8, 4) is 28.6 Å². The molecule has 0 fully saturated rings. The molecule has 0 atom stereocenters. The van der Waals surface area contributed by atoms with Gasteiger partial charge in [0.25, 0.3) is 5.89 Å². The maximum Gasteiger partial charge on any atom is 0.257 e. The number of methoxy groups -OCH3 is 1. The first-order valence-corrected chi connectivity index (χ1v) is 8.98. The molecule has 0 aliphatic heterocycles.